The zero-order valence-electron chi connectivity index (χ0n) is 13.1. The predicted molar refractivity (Wildman–Crippen MR) is 88.6 cm³/mol. The van der Waals surface area contributed by atoms with Crippen LogP contribution in [-0.4, -0.2) is 19.2 Å². The highest BCUT2D eigenvalue weighted by Crippen LogP contribution is 2.36. The van der Waals surface area contributed by atoms with Crippen LogP contribution in [0.4, 0.5) is 0 Å². The molecule has 1 aliphatic heterocycles. The summed E-state index contributed by atoms with van der Waals surface area (Å²) in [6.45, 7) is 11.0. The Bertz CT molecular complexity index is 470. The monoisotopic (exact) mass is 339 g/mol. The number of nitrogens with one attached hydrogen (secondary N) is 1. The molecule has 0 saturated heterocycles. The van der Waals surface area contributed by atoms with Crippen molar-refractivity contribution < 1.29 is 4.74 Å². The van der Waals surface area contributed by atoms with Crippen LogP contribution in [0.25, 0.3) is 0 Å². The van der Waals surface area contributed by atoms with E-state index in [1.54, 1.807) is 0 Å². The Morgan fingerprint density at radius 2 is 2.10 bits per heavy atom. The quantitative estimate of drug-likeness (QED) is 0.832. The van der Waals surface area contributed by atoms with E-state index >= 15 is 0 Å². The first-order valence-electron chi connectivity index (χ1n) is 7.65. The van der Waals surface area contributed by atoms with Crippen molar-refractivity contribution in [3.8, 4) is 5.75 Å². The summed E-state index contributed by atoms with van der Waals surface area (Å²) in [5.74, 6) is 1.13. The van der Waals surface area contributed by atoms with E-state index in [1.807, 2.05) is 0 Å². The van der Waals surface area contributed by atoms with Gasteiger partial charge in [0.05, 0.1) is 6.61 Å². The molecule has 0 aromatic heterocycles. The normalized spacial score (nSPS) is 15.8. The zero-order chi connectivity index (χ0) is 14.8. The van der Waals surface area contributed by atoms with Gasteiger partial charge >= 0.3 is 0 Å². The molecule has 0 bridgehead atoms. The molecule has 0 amide bonds. The molecule has 20 heavy (non-hydrogen) atoms. The lowest BCUT2D eigenvalue weighted by Gasteiger charge is -2.34. The Kier molecular flexibility index (Phi) is 5.14. The van der Waals surface area contributed by atoms with E-state index in [1.165, 1.54) is 22.0 Å². The van der Waals surface area contributed by atoms with Crippen molar-refractivity contribution in [2.24, 2.45) is 5.41 Å². The standard InChI is InChI=1S/C17H26BrNO/c1-5-17(3,4)15(19-6-2)11-13-10-14(18)9-12-7-8-20-16(12)13/h9-10,15,19H,5-8,11H2,1-4H3. The third kappa shape index (κ3) is 3.37. The molecule has 1 atom stereocenters. The van der Waals surface area contributed by atoms with Gasteiger partial charge in [-0.15, -0.1) is 0 Å². The molecule has 1 aromatic carbocycles. The summed E-state index contributed by atoms with van der Waals surface area (Å²) in [7, 11) is 0. The molecule has 1 N–H and O–H groups in total. The second-order valence-corrected chi connectivity index (χ2v) is 7.22. The molecule has 0 radical (unpaired) electrons. The summed E-state index contributed by atoms with van der Waals surface area (Å²) in [5.41, 5.74) is 2.96. The van der Waals surface area contributed by atoms with Crippen LogP contribution in [0.1, 0.15) is 45.2 Å². The van der Waals surface area contributed by atoms with Crippen molar-refractivity contribution in [2.45, 2.75) is 53.0 Å². The third-order valence-corrected chi connectivity index (χ3v) is 5.01. The minimum Gasteiger partial charge on any atom is -0.493 e. The van der Waals surface area contributed by atoms with E-state index in [2.05, 4.69) is 61.1 Å². The van der Waals surface area contributed by atoms with Gasteiger partial charge in [-0.25, -0.2) is 0 Å². The van der Waals surface area contributed by atoms with Crippen LogP contribution in [0.5, 0.6) is 5.75 Å². The van der Waals surface area contributed by atoms with E-state index in [9.17, 15) is 0 Å². The summed E-state index contributed by atoms with van der Waals surface area (Å²) >= 11 is 3.64. The van der Waals surface area contributed by atoms with Crippen LogP contribution in [0.15, 0.2) is 16.6 Å². The number of fused-ring (bicyclic) bond motifs is 1. The molecule has 0 fully saturated rings. The van der Waals surface area contributed by atoms with E-state index < -0.39 is 0 Å². The molecule has 1 aromatic rings. The zero-order valence-corrected chi connectivity index (χ0v) is 14.6. The Morgan fingerprint density at radius 3 is 2.75 bits per heavy atom. The van der Waals surface area contributed by atoms with Gasteiger partial charge in [0.15, 0.2) is 0 Å². The number of rotatable bonds is 6. The summed E-state index contributed by atoms with van der Waals surface area (Å²) in [6.07, 6.45) is 3.23. The van der Waals surface area contributed by atoms with Crippen molar-refractivity contribution in [3.05, 3.63) is 27.7 Å². The lowest BCUT2D eigenvalue weighted by Crippen LogP contribution is -2.43. The SMILES string of the molecule is CCNC(Cc1cc(Br)cc2c1OCC2)C(C)(C)CC. The fourth-order valence-electron chi connectivity index (χ4n) is 2.84. The number of benzene rings is 1. The molecular formula is C17H26BrNO. The number of ether oxygens (including phenoxy) is 1. The van der Waals surface area contributed by atoms with Gasteiger partial charge < -0.3 is 10.1 Å². The van der Waals surface area contributed by atoms with Gasteiger partial charge in [-0.2, -0.15) is 0 Å². The molecule has 2 rings (SSSR count). The number of hydrogen-bond acceptors (Lipinski definition) is 2. The van der Waals surface area contributed by atoms with Crippen LogP contribution >= 0.6 is 15.9 Å². The topological polar surface area (TPSA) is 21.3 Å². The minimum atomic E-state index is 0.282. The molecule has 0 aliphatic carbocycles. The molecule has 3 heteroatoms. The molecule has 2 nitrogen and oxygen atoms in total. The average molecular weight is 340 g/mol. The van der Waals surface area contributed by atoms with Crippen LogP contribution < -0.4 is 10.1 Å². The van der Waals surface area contributed by atoms with Crippen molar-refractivity contribution in [1.82, 2.24) is 5.32 Å². The highest BCUT2D eigenvalue weighted by atomic mass is 79.9. The van der Waals surface area contributed by atoms with Crippen molar-refractivity contribution in [1.29, 1.82) is 0 Å². The van der Waals surface area contributed by atoms with Gasteiger partial charge in [-0.05, 0) is 48.1 Å². The van der Waals surface area contributed by atoms with E-state index in [4.69, 9.17) is 4.74 Å². The summed E-state index contributed by atoms with van der Waals surface area (Å²) in [5, 5.41) is 3.66. The molecule has 1 heterocycles. The smallest absolute Gasteiger partial charge is 0.125 e. The fraction of sp³-hybridized carbons (Fsp3) is 0.647. The largest absolute Gasteiger partial charge is 0.493 e. The van der Waals surface area contributed by atoms with Gasteiger partial charge in [0, 0.05) is 16.9 Å². The van der Waals surface area contributed by atoms with E-state index in [0.717, 1.165) is 31.7 Å². The highest BCUT2D eigenvalue weighted by molar-refractivity contribution is 9.10. The van der Waals surface area contributed by atoms with Crippen molar-refractivity contribution in [2.75, 3.05) is 13.2 Å². The van der Waals surface area contributed by atoms with E-state index in [-0.39, 0.29) is 5.41 Å². The first-order valence-corrected chi connectivity index (χ1v) is 8.44. The molecular weight excluding hydrogens is 314 g/mol. The lowest BCUT2D eigenvalue weighted by atomic mass is 9.78. The predicted octanol–water partition coefficient (Wildman–Crippen LogP) is 4.34. The second kappa shape index (κ2) is 6.48. The van der Waals surface area contributed by atoms with Gasteiger partial charge in [0.2, 0.25) is 0 Å². The van der Waals surface area contributed by atoms with Crippen molar-refractivity contribution in [3.63, 3.8) is 0 Å². The molecule has 1 aliphatic rings. The lowest BCUT2D eigenvalue weighted by molar-refractivity contribution is 0.231. The molecule has 0 saturated carbocycles. The summed E-state index contributed by atoms with van der Waals surface area (Å²) < 4.78 is 7.03. The third-order valence-electron chi connectivity index (χ3n) is 4.55. The van der Waals surface area contributed by atoms with Gasteiger partial charge in [-0.3, -0.25) is 0 Å². The average Bonchev–Trinajstić information content (AvgIpc) is 2.86. The van der Waals surface area contributed by atoms with Crippen LogP contribution in [0, 0.1) is 5.41 Å². The first-order chi connectivity index (χ1) is 9.47. The molecule has 112 valence electrons. The first kappa shape index (κ1) is 15.8. The molecule has 1 unspecified atom stereocenters. The van der Waals surface area contributed by atoms with Crippen LogP contribution in [0.2, 0.25) is 0 Å². The van der Waals surface area contributed by atoms with Crippen LogP contribution in [-0.2, 0) is 12.8 Å². The van der Waals surface area contributed by atoms with Crippen LogP contribution in [0.3, 0.4) is 0 Å². The Labute approximate surface area is 131 Å². The van der Waals surface area contributed by atoms with Gasteiger partial charge in [-0.1, -0.05) is 43.6 Å². The minimum absolute atomic E-state index is 0.282. The van der Waals surface area contributed by atoms with Gasteiger partial charge in [0.1, 0.15) is 5.75 Å². The Balaban J connectivity index is 2.27. The van der Waals surface area contributed by atoms with Gasteiger partial charge in [0.25, 0.3) is 0 Å². The van der Waals surface area contributed by atoms with E-state index in [0.29, 0.717) is 6.04 Å². The maximum atomic E-state index is 5.86. The maximum Gasteiger partial charge on any atom is 0.125 e. The summed E-state index contributed by atoms with van der Waals surface area (Å²) in [4.78, 5) is 0. The summed E-state index contributed by atoms with van der Waals surface area (Å²) in [6, 6.07) is 4.89. The fourth-order valence-corrected chi connectivity index (χ4v) is 3.39. The van der Waals surface area contributed by atoms with Crippen molar-refractivity contribution >= 4 is 15.9 Å². The Hall–Kier alpha value is -0.540. The number of likely N-dealkylation sites (N-methyl/N-ethyl adjacent to an activating group) is 1. The Morgan fingerprint density at radius 1 is 1.35 bits per heavy atom. The number of hydrogen-bond donors (Lipinski definition) is 1. The number of halogens is 1. The maximum absolute atomic E-state index is 5.86. The second-order valence-electron chi connectivity index (χ2n) is 6.31. The highest BCUT2D eigenvalue weighted by Gasteiger charge is 2.29. The molecule has 0 spiro atoms.